The Kier molecular flexibility index (Phi) is 7.06. The zero-order chi connectivity index (χ0) is 23.7. The van der Waals surface area contributed by atoms with E-state index >= 15 is 0 Å². The zero-order valence-corrected chi connectivity index (χ0v) is 20.1. The molecule has 1 atom stereocenters. The number of carbonyl (C=O) groups excluding carboxylic acids is 1. The highest BCUT2D eigenvalue weighted by atomic mass is 32.2. The lowest BCUT2D eigenvalue weighted by molar-refractivity contribution is -0.126. The number of halogens is 1. The van der Waals surface area contributed by atoms with Gasteiger partial charge in [0.1, 0.15) is 11.5 Å². The number of nitrogens with zero attached hydrogens (tertiary/aromatic N) is 3. The standard InChI is InChI=1S/C24H32FN5O3S/c25-16-12-20-21(27-14-16)29(19-7-10-34-11-8-19)24(33)30(23(20)32)18-5-3-17(4-6-18)28-22(31)15-2-1-9-26-13-15/h12,14-15,17-19,26H,1-11,13H2,(H,28,31). The highest BCUT2D eigenvalue weighted by molar-refractivity contribution is 7.99. The summed E-state index contributed by atoms with van der Waals surface area (Å²) in [4.78, 5) is 43.8. The molecule has 0 aromatic carbocycles. The molecule has 0 bridgehead atoms. The third-order valence-electron chi connectivity index (χ3n) is 7.55. The molecule has 8 nitrogen and oxygen atoms in total. The van der Waals surface area contributed by atoms with Crippen LogP contribution in [-0.2, 0) is 4.79 Å². The van der Waals surface area contributed by atoms with Crippen LogP contribution < -0.4 is 21.9 Å². The summed E-state index contributed by atoms with van der Waals surface area (Å²) in [5.41, 5.74) is -0.518. The summed E-state index contributed by atoms with van der Waals surface area (Å²) in [5, 5.41) is 6.62. The molecule has 1 saturated carbocycles. The summed E-state index contributed by atoms with van der Waals surface area (Å²) in [7, 11) is 0. The largest absolute Gasteiger partial charge is 0.353 e. The molecule has 10 heteroatoms. The number of piperidine rings is 1. The summed E-state index contributed by atoms with van der Waals surface area (Å²) in [5.74, 6) is 1.42. The van der Waals surface area contributed by atoms with E-state index < -0.39 is 11.4 Å². The maximum Gasteiger partial charge on any atom is 0.333 e. The maximum absolute atomic E-state index is 14.0. The predicted molar refractivity (Wildman–Crippen MR) is 131 cm³/mol. The molecule has 34 heavy (non-hydrogen) atoms. The van der Waals surface area contributed by atoms with Crippen LogP contribution in [0.4, 0.5) is 4.39 Å². The summed E-state index contributed by atoms with van der Waals surface area (Å²) >= 11 is 1.85. The zero-order valence-electron chi connectivity index (χ0n) is 19.3. The van der Waals surface area contributed by atoms with Crippen molar-refractivity contribution in [3.05, 3.63) is 38.9 Å². The molecular formula is C24H32FN5O3S. The van der Waals surface area contributed by atoms with E-state index in [1.54, 1.807) is 4.57 Å². The van der Waals surface area contributed by atoms with Crippen LogP contribution in [0.15, 0.2) is 21.9 Å². The summed E-state index contributed by atoms with van der Waals surface area (Å²) in [6.45, 7) is 1.68. The number of carbonyl (C=O) groups is 1. The number of pyridine rings is 1. The van der Waals surface area contributed by atoms with Gasteiger partial charge in [-0.05, 0) is 75.5 Å². The second-order valence-electron chi connectivity index (χ2n) is 9.75. The Morgan fingerprint density at radius 3 is 2.50 bits per heavy atom. The van der Waals surface area contributed by atoms with Crippen LogP contribution in [0.2, 0.25) is 0 Å². The minimum absolute atomic E-state index is 0.0119. The molecule has 3 aliphatic rings. The second kappa shape index (κ2) is 10.2. The van der Waals surface area contributed by atoms with Crippen LogP contribution in [0.1, 0.15) is 63.5 Å². The number of thioether (sulfide) groups is 1. The SMILES string of the molecule is O=C(NC1CCC(n2c(=O)c3cc(F)cnc3n(C3CCSCC3)c2=O)CC1)C1CCCNC1. The number of rotatable bonds is 4. The highest BCUT2D eigenvalue weighted by Gasteiger charge is 2.31. The average Bonchev–Trinajstić information content (AvgIpc) is 2.87. The monoisotopic (exact) mass is 489 g/mol. The van der Waals surface area contributed by atoms with Crippen molar-refractivity contribution in [2.45, 2.75) is 69.5 Å². The van der Waals surface area contributed by atoms with Crippen LogP contribution in [0.5, 0.6) is 0 Å². The molecule has 1 aliphatic carbocycles. The van der Waals surface area contributed by atoms with Crippen LogP contribution in [0.25, 0.3) is 11.0 Å². The van der Waals surface area contributed by atoms with E-state index in [2.05, 4.69) is 15.6 Å². The summed E-state index contributed by atoms with van der Waals surface area (Å²) < 4.78 is 17.0. The molecule has 1 unspecified atom stereocenters. The fourth-order valence-corrected chi connectivity index (χ4v) is 6.75. The topological polar surface area (TPSA) is 98.0 Å². The molecule has 3 fully saturated rings. The number of amides is 1. The van der Waals surface area contributed by atoms with Crippen molar-refractivity contribution < 1.29 is 9.18 Å². The average molecular weight is 490 g/mol. The fraction of sp³-hybridized carbons (Fsp3) is 0.667. The second-order valence-corrected chi connectivity index (χ2v) is 11.0. The number of fused-ring (bicyclic) bond motifs is 1. The Balaban J connectivity index is 1.40. The van der Waals surface area contributed by atoms with Gasteiger partial charge in [-0.3, -0.25) is 18.7 Å². The van der Waals surface area contributed by atoms with Gasteiger partial charge in [-0.2, -0.15) is 11.8 Å². The number of aromatic nitrogens is 3. The molecular weight excluding hydrogens is 457 g/mol. The van der Waals surface area contributed by atoms with Crippen molar-refractivity contribution >= 4 is 28.7 Å². The Morgan fingerprint density at radius 2 is 1.79 bits per heavy atom. The van der Waals surface area contributed by atoms with Crippen LogP contribution in [0.3, 0.4) is 0 Å². The molecule has 2 aromatic rings. The lowest BCUT2D eigenvalue weighted by atomic mass is 9.90. The minimum Gasteiger partial charge on any atom is -0.353 e. The van der Waals surface area contributed by atoms with Crippen molar-refractivity contribution in [1.29, 1.82) is 0 Å². The first-order valence-electron chi connectivity index (χ1n) is 12.4. The number of hydrogen-bond acceptors (Lipinski definition) is 6. The summed E-state index contributed by atoms with van der Waals surface area (Å²) in [6.07, 6.45) is 7.31. The minimum atomic E-state index is -0.579. The lowest BCUT2D eigenvalue weighted by Gasteiger charge is -2.32. The molecule has 2 N–H and O–H groups in total. The van der Waals surface area contributed by atoms with Crippen molar-refractivity contribution in [1.82, 2.24) is 24.8 Å². The van der Waals surface area contributed by atoms with E-state index in [0.717, 1.165) is 56.5 Å². The van der Waals surface area contributed by atoms with Gasteiger partial charge in [-0.15, -0.1) is 0 Å². The van der Waals surface area contributed by atoms with E-state index in [0.29, 0.717) is 25.7 Å². The summed E-state index contributed by atoms with van der Waals surface area (Å²) in [6, 6.07) is 0.958. The van der Waals surface area contributed by atoms with Crippen LogP contribution in [-0.4, -0.2) is 50.7 Å². The van der Waals surface area contributed by atoms with Gasteiger partial charge in [0.25, 0.3) is 5.56 Å². The quantitative estimate of drug-likeness (QED) is 0.684. The Labute approximate surface area is 201 Å². The van der Waals surface area contributed by atoms with Crippen molar-refractivity contribution in [2.24, 2.45) is 5.92 Å². The van der Waals surface area contributed by atoms with E-state index in [1.807, 2.05) is 11.8 Å². The van der Waals surface area contributed by atoms with E-state index in [-0.39, 0.29) is 46.7 Å². The lowest BCUT2D eigenvalue weighted by Crippen LogP contribution is -2.48. The van der Waals surface area contributed by atoms with Crippen LogP contribution >= 0.6 is 11.8 Å². The first kappa shape index (κ1) is 23.5. The first-order chi connectivity index (χ1) is 16.5. The molecule has 2 aliphatic heterocycles. The molecule has 5 rings (SSSR count). The number of hydrogen-bond donors (Lipinski definition) is 2. The molecule has 0 spiro atoms. The van der Waals surface area contributed by atoms with Crippen molar-refractivity contribution in [3.8, 4) is 0 Å². The molecule has 4 heterocycles. The first-order valence-corrected chi connectivity index (χ1v) is 13.6. The Bertz CT molecular complexity index is 1160. The fourth-order valence-electron chi connectivity index (χ4n) is 5.67. The van der Waals surface area contributed by atoms with E-state index in [9.17, 15) is 18.8 Å². The van der Waals surface area contributed by atoms with Crippen molar-refractivity contribution in [2.75, 3.05) is 24.6 Å². The van der Waals surface area contributed by atoms with E-state index in [4.69, 9.17) is 0 Å². The van der Waals surface area contributed by atoms with Gasteiger partial charge in [0.05, 0.1) is 17.5 Å². The van der Waals surface area contributed by atoms with Gasteiger partial charge in [0, 0.05) is 24.7 Å². The van der Waals surface area contributed by atoms with Gasteiger partial charge in [-0.1, -0.05) is 0 Å². The molecule has 184 valence electrons. The molecule has 0 radical (unpaired) electrons. The van der Waals surface area contributed by atoms with Gasteiger partial charge < -0.3 is 10.6 Å². The van der Waals surface area contributed by atoms with Gasteiger partial charge in [-0.25, -0.2) is 14.2 Å². The normalized spacial score (nSPS) is 26.4. The third-order valence-corrected chi connectivity index (χ3v) is 8.60. The highest BCUT2D eigenvalue weighted by Crippen LogP contribution is 2.30. The molecule has 2 saturated heterocycles. The molecule has 1 amide bonds. The smallest absolute Gasteiger partial charge is 0.333 e. The third kappa shape index (κ3) is 4.66. The predicted octanol–water partition coefficient (Wildman–Crippen LogP) is 2.36. The van der Waals surface area contributed by atoms with Gasteiger partial charge in [0.15, 0.2) is 0 Å². The van der Waals surface area contributed by atoms with Crippen molar-refractivity contribution in [3.63, 3.8) is 0 Å². The number of nitrogens with one attached hydrogen (secondary N) is 2. The van der Waals surface area contributed by atoms with Gasteiger partial charge in [0.2, 0.25) is 5.91 Å². The van der Waals surface area contributed by atoms with Crippen LogP contribution in [0, 0.1) is 11.7 Å². The maximum atomic E-state index is 14.0. The Morgan fingerprint density at radius 1 is 1.06 bits per heavy atom. The Hall–Kier alpha value is -2.20. The molecule has 2 aromatic heterocycles. The van der Waals surface area contributed by atoms with E-state index in [1.165, 1.54) is 10.6 Å². The van der Waals surface area contributed by atoms with Gasteiger partial charge >= 0.3 is 5.69 Å².